The van der Waals surface area contributed by atoms with Gasteiger partial charge in [-0.15, -0.1) is 0 Å². The fraction of sp³-hybridized carbons (Fsp3) is 0.353. The number of rotatable bonds is 10. The quantitative estimate of drug-likeness (QED) is 0.112. The van der Waals surface area contributed by atoms with Gasteiger partial charge in [0.2, 0.25) is 0 Å². The Hall–Kier alpha value is -1.76. The first kappa shape index (κ1) is 28.8. The smallest absolute Gasteiger partial charge is 0.0284 e. The molecule has 0 saturated carbocycles. The Bertz CT molecular complexity index is 1110. The van der Waals surface area contributed by atoms with Crippen molar-refractivity contribution in [2.24, 2.45) is 0 Å². The molecule has 0 aliphatic heterocycles. The van der Waals surface area contributed by atoms with Crippen LogP contribution in [0.15, 0.2) is 60.7 Å². The van der Waals surface area contributed by atoms with E-state index in [-0.39, 0.29) is 0 Å². The minimum Gasteiger partial charge on any atom is -0.0654 e. The Morgan fingerprint density at radius 2 is 0.889 bits per heavy atom. The summed E-state index contributed by atoms with van der Waals surface area (Å²) in [6, 6.07) is 21.6. The fourth-order valence-corrected chi connectivity index (χ4v) is 4.88. The Balaban J connectivity index is 1.99. The maximum atomic E-state index is 3.54. The number of aryl methyl sites for hydroxylation is 2. The van der Waals surface area contributed by atoms with Crippen LogP contribution in [0.4, 0.5) is 0 Å². The second-order valence-corrected chi connectivity index (χ2v) is 11.8. The molecular weight excluding hydrogens is 662 g/mol. The molecule has 0 amide bonds. The molecule has 0 aliphatic carbocycles. The van der Waals surface area contributed by atoms with Crippen LogP contribution >= 0.6 is 45.2 Å². The van der Waals surface area contributed by atoms with Crippen LogP contribution in [0.1, 0.15) is 98.6 Å². The van der Waals surface area contributed by atoms with E-state index in [9.17, 15) is 0 Å². The van der Waals surface area contributed by atoms with E-state index < -0.39 is 0 Å². The van der Waals surface area contributed by atoms with Crippen molar-refractivity contribution >= 4 is 45.2 Å². The summed E-state index contributed by atoms with van der Waals surface area (Å²) in [4.78, 5) is 0. The molecule has 2 heteroatoms. The van der Waals surface area contributed by atoms with Gasteiger partial charge in [-0.25, -0.2) is 0 Å². The van der Waals surface area contributed by atoms with Crippen LogP contribution in [0, 0.1) is 30.8 Å². The van der Waals surface area contributed by atoms with E-state index >= 15 is 0 Å². The van der Waals surface area contributed by atoms with Gasteiger partial charge in [0, 0.05) is 29.4 Å². The molecule has 0 nitrogen and oxygen atoms in total. The van der Waals surface area contributed by atoms with Gasteiger partial charge >= 0.3 is 0 Å². The second-order valence-electron chi connectivity index (χ2n) is 9.30. The van der Waals surface area contributed by atoms with Crippen molar-refractivity contribution in [3.8, 4) is 23.7 Å². The molecule has 0 radical (unpaired) electrons. The van der Waals surface area contributed by atoms with Gasteiger partial charge in [0.25, 0.3) is 0 Å². The predicted octanol–water partition coefficient (Wildman–Crippen LogP) is 9.94. The standard InChI is InChI=1S/C34H36I2/c1-3-5-7-9-11-29-25-32(20-14-28-17-23-34(36)24-18-28)30(12-10-8-6-4-2)26-31(29)19-13-27-15-21-33(35)22-16-27/h15-18,21-26H,3-12H2,1-2H3. The highest BCUT2D eigenvalue weighted by atomic mass is 127. The van der Waals surface area contributed by atoms with Crippen LogP contribution in [0.2, 0.25) is 0 Å². The minimum atomic E-state index is 1.06. The summed E-state index contributed by atoms with van der Waals surface area (Å²) in [6.45, 7) is 4.53. The van der Waals surface area contributed by atoms with E-state index in [2.05, 4.69) is 143 Å². The molecule has 0 spiro atoms. The summed E-state index contributed by atoms with van der Waals surface area (Å²) in [7, 11) is 0. The van der Waals surface area contributed by atoms with Crippen molar-refractivity contribution < 1.29 is 0 Å². The normalized spacial score (nSPS) is 10.3. The molecule has 0 heterocycles. The topological polar surface area (TPSA) is 0 Å². The summed E-state index contributed by atoms with van der Waals surface area (Å²) < 4.78 is 2.47. The predicted molar refractivity (Wildman–Crippen MR) is 172 cm³/mol. The van der Waals surface area contributed by atoms with Gasteiger partial charge < -0.3 is 0 Å². The van der Waals surface area contributed by atoms with E-state index in [0.717, 1.165) is 24.0 Å². The highest BCUT2D eigenvalue weighted by Crippen LogP contribution is 2.22. The van der Waals surface area contributed by atoms with Crippen molar-refractivity contribution in [1.82, 2.24) is 0 Å². The summed E-state index contributed by atoms with van der Waals surface area (Å²) in [5, 5.41) is 0. The van der Waals surface area contributed by atoms with Gasteiger partial charge in [-0.05, 0) is 143 Å². The summed E-state index contributed by atoms with van der Waals surface area (Å²) in [5.41, 5.74) is 7.17. The molecule has 0 bridgehead atoms. The van der Waals surface area contributed by atoms with E-state index in [1.807, 2.05) is 0 Å². The van der Waals surface area contributed by atoms with Gasteiger partial charge in [0.15, 0.2) is 0 Å². The lowest BCUT2D eigenvalue weighted by atomic mass is 9.92. The largest absolute Gasteiger partial charge is 0.0654 e. The van der Waals surface area contributed by atoms with Crippen molar-refractivity contribution in [3.05, 3.63) is 101 Å². The Morgan fingerprint density at radius 3 is 1.25 bits per heavy atom. The lowest BCUT2D eigenvalue weighted by molar-refractivity contribution is 0.662. The third-order valence-corrected chi connectivity index (χ3v) is 7.74. The fourth-order valence-electron chi connectivity index (χ4n) is 4.17. The molecule has 0 aliphatic rings. The van der Waals surface area contributed by atoms with Crippen LogP contribution < -0.4 is 0 Å². The summed E-state index contributed by atoms with van der Waals surface area (Å²) >= 11 is 4.68. The highest BCUT2D eigenvalue weighted by molar-refractivity contribution is 14.1. The SMILES string of the molecule is CCCCCCc1cc(C#Cc2ccc(I)cc2)c(CCCCCC)cc1C#Cc1ccc(I)cc1. The van der Waals surface area contributed by atoms with Crippen LogP contribution in [-0.4, -0.2) is 0 Å². The lowest BCUT2D eigenvalue weighted by Gasteiger charge is -2.12. The van der Waals surface area contributed by atoms with Crippen molar-refractivity contribution in [2.75, 3.05) is 0 Å². The van der Waals surface area contributed by atoms with Crippen LogP contribution in [-0.2, 0) is 12.8 Å². The molecule has 3 aromatic rings. The van der Waals surface area contributed by atoms with E-state index in [1.54, 1.807) is 0 Å². The number of hydrogen-bond donors (Lipinski definition) is 0. The second kappa shape index (κ2) is 16.2. The summed E-state index contributed by atoms with van der Waals surface area (Å²) in [5.74, 6) is 13.9. The molecule has 0 N–H and O–H groups in total. The van der Waals surface area contributed by atoms with Crippen LogP contribution in [0.25, 0.3) is 0 Å². The van der Waals surface area contributed by atoms with E-state index in [1.165, 1.54) is 80.8 Å². The summed E-state index contributed by atoms with van der Waals surface area (Å²) in [6.07, 6.45) is 12.1. The third kappa shape index (κ3) is 9.95. The minimum absolute atomic E-state index is 1.06. The van der Waals surface area contributed by atoms with Crippen molar-refractivity contribution in [1.29, 1.82) is 0 Å². The van der Waals surface area contributed by atoms with Gasteiger partial charge in [-0.3, -0.25) is 0 Å². The maximum Gasteiger partial charge on any atom is 0.0284 e. The van der Waals surface area contributed by atoms with Gasteiger partial charge in [-0.1, -0.05) is 76.1 Å². The van der Waals surface area contributed by atoms with Gasteiger partial charge in [0.1, 0.15) is 0 Å². The highest BCUT2D eigenvalue weighted by Gasteiger charge is 2.09. The van der Waals surface area contributed by atoms with Crippen molar-refractivity contribution in [3.63, 3.8) is 0 Å². The molecule has 0 unspecified atom stereocenters. The number of halogens is 2. The van der Waals surface area contributed by atoms with Crippen LogP contribution in [0.5, 0.6) is 0 Å². The maximum absolute atomic E-state index is 3.54. The first-order valence-corrected chi connectivity index (χ1v) is 15.5. The molecule has 186 valence electrons. The molecule has 0 fully saturated rings. The average Bonchev–Trinajstić information content (AvgIpc) is 2.89. The molecular formula is C34H36I2. The number of hydrogen-bond acceptors (Lipinski definition) is 0. The molecule has 3 aromatic carbocycles. The van der Waals surface area contributed by atoms with Gasteiger partial charge in [-0.2, -0.15) is 0 Å². The van der Waals surface area contributed by atoms with Gasteiger partial charge in [0.05, 0.1) is 0 Å². The first-order valence-electron chi connectivity index (χ1n) is 13.3. The molecule has 0 saturated heterocycles. The zero-order valence-corrected chi connectivity index (χ0v) is 25.9. The zero-order valence-electron chi connectivity index (χ0n) is 21.6. The Kier molecular flexibility index (Phi) is 12.9. The number of benzene rings is 3. The molecule has 0 atom stereocenters. The molecule has 36 heavy (non-hydrogen) atoms. The monoisotopic (exact) mass is 698 g/mol. The van der Waals surface area contributed by atoms with E-state index in [0.29, 0.717) is 0 Å². The van der Waals surface area contributed by atoms with E-state index in [4.69, 9.17) is 0 Å². The van der Waals surface area contributed by atoms with Crippen molar-refractivity contribution in [2.45, 2.75) is 78.1 Å². The average molecular weight is 698 g/mol. The molecule has 0 aromatic heterocycles. The number of unbranched alkanes of at least 4 members (excludes halogenated alkanes) is 6. The first-order chi connectivity index (χ1) is 17.6. The third-order valence-electron chi connectivity index (χ3n) is 6.30. The zero-order chi connectivity index (χ0) is 25.6. The van der Waals surface area contributed by atoms with Crippen LogP contribution in [0.3, 0.4) is 0 Å². The Labute approximate surface area is 246 Å². The molecule has 3 rings (SSSR count). The Morgan fingerprint density at radius 1 is 0.500 bits per heavy atom. The lowest BCUT2D eigenvalue weighted by Crippen LogP contribution is -1.99.